The van der Waals surface area contributed by atoms with Gasteiger partial charge in [-0.1, -0.05) is 49.4 Å². The zero-order valence-electron chi connectivity index (χ0n) is 17.6. The Balaban J connectivity index is 1.89. The molecule has 2 aromatic carbocycles. The fraction of sp³-hybridized carbons (Fsp3) is 0.435. The van der Waals surface area contributed by atoms with Crippen molar-refractivity contribution >= 4 is 21.6 Å². The van der Waals surface area contributed by atoms with Crippen LogP contribution in [-0.2, 0) is 14.8 Å². The maximum absolute atomic E-state index is 13.4. The molecule has 0 radical (unpaired) electrons. The van der Waals surface area contributed by atoms with Crippen molar-refractivity contribution in [2.45, 2.75) is 56.4 Å². The van der Waals surface area contributed by atoms with Gasteiger partial charge < -0.3 is 10.1 Å². The summed E-state index contributed by atoms with van der Waals surface area (Å²) in [5.41, 5.74) is 1.36. The quantitative estimate of drug-likeness (QED) is 0.673. The molecular weight excluding hydrogens is 400 g/mol. The fourth-order valence-corrected chi connectivity index (χ4v) is 5.16. The van der Waals surface area contributed by atoms with E-state index in [1.807, 2.05) is 6.92 Å². The number of nitrogens with zero attached hydrogens (tertiary/aromatic N) is 1. The summed E-state index contributed by atoms with van der Waals surface area (Å²) in [6.45, 7) is 1.62. The Bertz CT molecular complexity index is 949. The summed E-state index contributed by atoms with van der Waals surface area (Å²) < 4.78 is 33.3. The van der Waals surface area contributed by atoms with Gasteiger partial charge in [0.2, 0.25) is 5.91 Å². The molecule has 30 heavy (non-hydrogen) atoms. The zero-order chi connectivity index (χ0) is 21.6. The van der Waals surface area contributed by atoms with Crippen LogP contribution < -0.4 is 14.4 Å². The number of rotatable bonds is 7. The molecule has 7 heteroatoms. The Hall–Kier alpha value is -2.54. The van der Waals surface area contributed by atoms with Gasteiger partial charge in [0.1, 0.15) is 12.3 Å². The molecule has 1 aliphatic rings. The topological polar surface area (TPSA) is 75.7 Å². The standard InChI is InChI=1S/C23H30N2O4S/c1-18-12-14-22(15-13-18)30(27,28)25(20-10-7-11-21(16-20)29-2)17-23(26)24-19-8-5-3-4-6-9-19/h7,10-16,19H,3-6,8-9,17H2,1-2H3,(H,24,26). The van der Waals surface area contributed by atoms with Crippen LogP contribution in [0.5, 0.6) is 5.75 Å². The van der Waals surface area contributed by atoms with E-state index in [4.69, 9.17) is 4.74 Å². The van der Waals surface area contributed by atoms with Crippen molar-refractivity contribution in [3.8, 4) is 5.75 Å². The van der Waals surface area contributed by atoms with Crippen molar-refractivity contribution in [3.05, 3.63) is 54.1 Å². The van der Waals surface area contributed by atoms with Crippen LogP contribution in [0.2, 0.25) is 0 Å². The molecule has 162 valence electrons. The number of methoxy groups -OCH3 is 1. The zero-order valence-corrected chi connectivity index (χ0v) is 18.5. The maximum Gasteiger partial charge on any atom is 0.264 e. The third-order valence-corrected chi connectivity index (χ3v) is 7.25. The molecule has 1 aliphatic carbocycles. The van der Waals surface area contributed by atoms with E-state index in [0.717, 1.165) is 35.6 Å². The van der Waals surface area contributed by atoms with Gasteiger partial charge in [-0.3, -0.25) is 9.10 Å². The Morgan fingerprint density at radius 1 is 1.07 bits per heavy atom. The van der Waals surface area contributed by atoms with Gasteiger partial charge in [-0.15, -0.1) is 0 Å². The van der Waals surface area contributed by atoms with Crippen LogP contribution >= 0.6 is 0 Å². The van der Waals surface area contributed by atoms with Crippen molar-refractivity contribution in [3.63, 3.8) is 0 Å². The molecule has 1 amide bonds. The minimum absolute atomic E-state index is 0.106. The SMILES string of the molecule is COc1cccc(N(CC(=O)NC2CCCCCC2)S(=O)(=O)c2ccc(C)cc2)c1. The van der Waals surface area contributed by atoms with E-state index in [-0.39, 0.29) is 23.4 Å². The molecule has 1 fully saturated rings. The molecule has 3 rings (SSSR count). The van der Waals surface area contributed by atoms with Crippen LogP contribution in [0.4, 0.5) is 5.69 Å². The summed E-state index contributed by atoms with van der Waals surface area (Å²) in [5.74, 6) is 0.237. The lowest BCUT2D eigenvalue weighted by Gasteiger charge is -2.26. The predicted molar refractivity (Wildman–Crippen MR) is 118 cm³/mol. The largest absolute Gasteiger partial charge is 0.497 e. The van der Waals surface area contributed by atoms with E-state index in [9.17, 15) is 13.2 Å². The highest BCUT2D eigenvalue weighted by molar-refractivity contribution is 7.92. The molecule has 2 aromatic rings. The first-order valence-electron chi connectivity index (χ1n) is 10.4. The number of hydrogen-bond donors (Lipinski definition) is 1. The Labute approximate surface area is 179 Å². The first kappa shape index (κ1) is 22.2. The summed E-state index contributed by atoms with van der Waals surface area (Å²) in [6.07, 6.45) is 6.43. The van der Waals surface area contributed by atoms with Crippen LogP contribution in [0.15, 0.2) is 53.4 Å². The normalized spacial score (nSPS) is 15.3. The van der Waals surface area contributed by atoms with Gasteiger partial charge >= 0.3 is 0 Å². The lowest BCUT2D eigenvalue weighted by Crippen LogP contribution is -2.44. The summed E-state index contributed by atoms with van der Waals surface area (Å²) in [7, 11) is -2.40. The number of carbonyl (C=O) groups excluding carboxylic acids is 1. The maximum atomic E-state index is 13.4. The lowest BCUT2D eigenvalue weighted by atomic mass is 10.1. The van der Waals surface area contributed by atoms with Gasteiger partial charge in [-0.2, -0.15) is 0 Å². The molecule has 1 N–H and O–H groups in total. The molecular formula is C23H30N2O4S. The molecule has 0 unspecified atom stereocenters. The number of hydrogen-bond acceptors (Lipinski definition) is 4. The number of amides is 1. The molecule has 6 nitrogen and oxygen atoms in total. The van der Waals surface area contributed by atoms with E-state index >= 15 is 0 Å². The van der Waals surface area contributed by atoms with Crippen LogP contribution in [0.3, 0.4) is 0 Å². The summed E-state index contributed by atoms with van der Waals surface area (Å²) >= 11 is 0. The highest BCUT2D eigenvalue weighted by Gasteiger charge is 2.28. The monoisotopic (exact) mass is 430 g/mol. The molecule has 0 heterocycles. The minimum Gasteiger partial charge on any atom is -0.497 e. The van der Waals surface area contributed by atoms with Gasteiger partial charge in [-0.25, -0.2) is 8.42 Å². The van der Waals surface area contributed by atoms with Crippen molar-refractivity contribution in [2.75, 3.05) is 18.0 Å². The van der Waals surface area contributed by atoms with Gasteiger partial charge in [0, 0.05) is 12.1 Å². The summed E-state index contributed by atoms with van der Waals surface area (Å²) in [6, 6.07) is 13.5. The van der Waals surface area contributed by atoms with Crippen LogP contribution in [-0.4, -0.2) is 34.0 Å². The first-order valence-corrected chi connectivity index (χ1v) is 11.9. The molecule has 0 aromatic heterocycles. The number of sulfonamides is 1. The Morgan fingerprint density at radius 2 is 1.73 bits per heavy atom. The Kier molecular flexibility index (Phi) is 7.37. The van der Waals surface area contributed by atoms with Gasteiger partial charge in [0.25, 0.3) is 10.0 Å². The highest BCUT2D eigenvalue weighted by Crippen LogP contribution is 2.27. The van der Waals surface area contributed by atoms with Gasteiger partial charge in [-0.05, 0) is 44.0 Å². The van der Waals surface area contributed by atoms with E-state index in [1.165, 1.54) is 20.0 Å². The van der Waals surface area contributed by atoms with Crippen molar-refractivity contribution in [1.29, 1.82) is 0 Å². The number of benzene rings is 2. The average Bonchev–Trinajstić information content (AvgIpc) is 3.01. The van der Waals surface area contributed by atoms with E-state index < -0.39 is 10.0 Å². The number of carbonyl (C=O) groups is 1. The van der Waals surface area contributed by atoms with Crippen LogP contribution in [0.25, 0.3) is 0 Å². The van der Waals surface area contributed by atoms with Crippen LogP contribution in [0, 0.1) is 6.92 Å². The van der Waals surface area contributed by atoms with E-state index in [2.05, 4.69) is 5.32 Å². The highest BCUT2D eigenvalue weighted by atomic mass is 32.2. The Morgan fingerprint density at radius 3 is 2.37 bits per heavy atom. The second-order valence-electron chi connectivity index (χ2n) is 7.78. The average molecular weight is 431 g/mol. The van der Waals surface area contributed by atoms with Crippen molar-refractivity contribution in [2.24, 2.45) is 0 Å². The smallest absolute Gasteiger partial charge is 0.264 e. The molecule has 0 spiro atoms. The lowest BCUT2D eigenvalue weighted by molar-refractivity contribution is -0.120. The minimum atomic E-state index is -3.92. The molecule has 1 saturated carbocycles. The number of ether oxygens (including phenoxy) is 1. The second kappa shape index (κ2) is 9.98. The van der Waals surface area contributed by atoms with E-state index in [0.29, 0.717) is 11.4 Å². The first-order chi connectivity index (χ1) is 14.4. The molecule has 0 aliphatic heterocycles. The molecule has 0 bridgehead atoms. The van der Waals surface area contributed by atoms with Crippen LogP contribution in [0.1, 0.15) is 44.1 Å². The number of anilines is 1. The molecule has 0 atom stereocenters. The molecule has 0 saturated heterocycles. The van der Waals surface area contributed by atoms with Crippen molar-refractivity contribution in [1.82, 2.24) is 5.32 Å². The number of aryl methyl sites for hydroxylation is 1. The van der Waals surface area contributed by atoms with E-state index in [1.54, 1.807) is 48.5 Å². The number of nitrogens with one attached hydrogen (secondary N) is 1. The van der Waals surface area contributed by atoms with Crippen molar-refractivity contribution < 1.29 is 17.9 Å². The third-order valence-electron chi connectivity index (χ3n) is 5.46. The third kappa shape index (κ3) is 5.53. The second-order valence-corrected chi connectivity index (χ2v) is 9.64. The predicted octanol–water partition coefficient (Wildman–Crippen LogP) is 4.04. The van der Waals surface area contributed by atoms with Gasteiger partial charge in [0.15, 0.2) is 0 Å². The summed E-state index contributed by atoms with van der Waals surface area (Å²) in [5, 5.41) is 3.04. The van der Waals surface area contributed by atoms with Gasteiger partial charge in [0.05, 0.1) is 17.7 Å². The summed E-state index contributed by atoms with van der Waals surface area (Å²) in [4.78, 5) is 13.0. The fourth-order valence-electron chi connectivity index (χ4n) is 3.75.